The summed E-state index contributed by atoms with van der Waals surface area (Å²) >= 11 is -1.51. The lowest BCUT2D eigenvalue weighted by Crippen LogP contribution is -2.52. The number of rotatable bonds is 11. The first-order chi connectivity index (χ1) is 19.8. The Kier molecular flexibility index (Phi) is 9.86. The lowest BCUT2D eigenvalue weighted by molar-refractivity contribution is -0.120. The number of aliphatic hydroxyl groups is 1. The molecule has 0 radical (unpaired) electrons. The van der Waals surface area contributed by atoms with E-state index >= 15 is 4.39 Å². The van der Waals surface area contributed by atoms with Crippen LogP contribution in [0.5, 0.6) is 0 Å². The van der Waals surface area contributed by atoms with Gasteiger partial charge in [-0.3, -0.25) is 14.7 Å². The molecular formula is C31H43FN4O5S. The zero-order valence-electron chi connectivity index (χ0n) is 25.1. The van der Waals surface area contributed by atoms with Crippen molar-refractivity contribution >= 4 is 29.0 Å². The van der Waals surface area contributed by atoms with Crippen molar-refractivity contribution in [2.75, 3.05) is 18.5 Å². The fraction of sp³-hybridized carbons (Fsp3) is 0.581. The minimum absolute atomic E-state index is 0.000832. The van der Waals surface area contributed by atoms with Crippen LogP contribution in [0.25, 0.3) is 0 Å². The van der Waals surface area contributed by atoms with Gasteiger partial charge in [-0.15, -0.1) is 4.72 Å². The summed E-state index contributed by atoms with van der Waals surface area (Å²) in [6.07, 6.45) is 4.99. The first kappa shape index (κ1) is 32.2. The topological polar surface area (TPSA) is 127 Å². The minimum atomic E-state index is -1.51. The van der Waals surface area contributed by atoms with Crippen LogP contribution in [0.4, 0.5) is 14.9 Å². The van der Waals surface area contributed by atoms with Crippen molar-refractivity contribution in [1.29, 1.82) is 0 Å². The highest BCUT2D eigenvalue weighted by Crippen LogP contribution is 2.42. The number of nitrogens with one attached hydrogen (secondary N) is 2. The maximum atomic E-state index is 15.3. The molecule has 2 fully saturated rings. The lowest BCUT2D eigenvalue weighted by Gasteiger charge is -2.38. The molecule has 1 aromatic carbocycles. The Morgan fingerprint density at radius 2 is 1.98 bits per heavy atom. The second-order valence-corrected chi connectivity index (χ2v) is 14.4. The molecular weight excluding hydrogens is 559 g/mol. The second kappa shape index (κ2) is 12.9. The number of carbonyl (C=O) groups excluding carboxylic acids is 2. The van der Waals surface area contributed by atoms with Gasteiger partial charge in [-0.05, 0) is 82.7 Å². The molecule has 4 atom stereocenters. The molecule has 9 nitrogen and oxygen atoms in total. The monoisotopic (exact) mass is 602 g/mol. The van der Waals surface area contributed by atoms with Crippen molar-refractivity contribution in [2.24, 2.45) is 5.92 Å². The molecule has 2 amide bonds. The zero-order chi connectivity index (χ0) is 30.7. The molecule has 1 aliphatic carbocycles. The van der Waals surface area contributed by atoms with Gasteiger partial charge in [0.15, 0.2) is 0 Å². The smallest absolute Gasteiger partial charge is 0.410 e. The Labute approximate surface area is 250 Å². The summed E-state index contributed by atoms with van der Waals surface area (Å²) in [5.41, 5.74) is -1.11. The molecule has 2 unspecified atom stereocenters. The third-order valence-corrected chi connectivity index (χ3v) is 9.79. The number of hydrogen-bond acceptors (Lipinski definition) is 7. The molecule has 0 spiro atoms. The highest BCUT2D eigenvalue weighted by molar-refractivity contribution is 7.90. The molecule has 230 valence electrons. The Bertz CT molecular complexity index is 1260. The van der Waals surface area contributed by atoms with E-state index in [0.29, 0.717) is 30.0 Å². The minimum Gasteiger partial charge on any atom is -0.598 e. The van der Waals surface area contributed by atoms with Crippen LogP contribution in [-0.2, 0) is 26.4 Å². The maximum Gasteiger partial charge on any atom is 0.410 e. The molecule has 1 saturated heterocycles. The van der Waals surface area contributed by atoms with Gasteiger partial charge in [0.2, 0.25) is 5.91 Å². The highest BCUT2D eigenvalue weighted by atomic mass is 32.2. The van der Waals surface area contributed by atoms with Crippen LogP contribution >= 0.6 is 0 Å². The van der Waals surface area contributed by atoms with E-state index in [1.54, 1.807) is 38.2 Å². The summed E-state index contributed by atoms with van der Waals surface area (Å²) in [5.74, 6) is -0.727. The fourth-order valence-electron chi connectivity index (χ4n) is 5.29. The normalized spacial score (nSPS) is 22.9. The lowest BCUT2D eigenvalue weighted by atomic mass is 9.82. The quantitative estimate of drug-likeness (QED) is 0.309. The zero-order valence-corrected chi connectivity index (χ0v) is 25.9. The number of pyridine rings is 1. The molecule has 1 aliphatic heterocycles. The molecule has 1 saturated carbocycles. The molecule has 42 heavy (non-hydrogen) atoms. The van der Waals surface area contributed by atoms with Crippen molar-refractivity contribution < 1.29 is 28.4 Å². The number of likely N-dealkylation sites (tertiary alicyclic amines) is 1. The number of aromatic nitrogens is 1. The van der Waals surface area contributed by atoms with E-state index in [2.05, 4.69) is 15.0 Å². The molecule has 2 heterocycles. The Balaban J connectivity index is 1.72. The first-order valence-corrected chi connectivity index (χ1v) is 15.8. The Hall–Kier alpha value is -2.73. The number of ether oxygens (including phenoxy) is 1. The van der Waals surface area contributed by atoms with E-state index in [0.717, 1.165) is 19.3 Å². The average Bonchev–Trinajstić information content (AvgIpc) is 3.72. The van der Waals surface area contributed by atoms with Gasteiger partial charge in [0.05, 0.1) is 30.1 Å². The van der Waals surface area contributed by atoms with Crippen molar-refractivity contribution in [1.82, 2.24) is 14.6 Å². The van der Waals surface area contributed by atoms with Crippen LogP contribution in [0.3, 0.4) is 0 Å². The van der Waals surface area contributed by atoms with Gasteiger partial charge in [-0.1, -0.05) is 31.9 Å². The summed E-state index contributed by atoms with van der Waals surface area (Å²) in [4.78, 5) is 32.0. The van der Waals surface area contributed by atoms with Gasteiger partial charge in [0, 0.05) is 24.0 Å². The number of halogens is 1. The van der Waals surface area contributed by atoms with Gasteiger partial charge in [0.1, 0.15) is 22.1 Å². The van der Waals surface area contributed by atoms with E-state index in [9.17, 15) is 19.2 Å². The highest BCUT2D eigenvalue weighted by Gasteiger charge is 2.48. The van der Waals surface area contributed by atoms with E-state index in [1.165, 1.54) is 11.0 Å². The molecule has 2 aliphatic rings. The van der Waals surface area contributed by atoms with Crippen LogP contribution in [0.2, 0.25) is 0 Å². The molecule has 1 aromatic heterocycles. The van der Waals surface area contributed by atoms with Gasteiger partial charge in [0.25, 0.3) is 0 Å². The van der Waals surface area contributed by atoms with Crippen LogP contribution in [0.1, 0.15) is 84.4 Å². The van der Waals surface area contributed by atoms with Crippen LogP contribution < -0.4 is 10.0 Å². The van der Waals surface area contributed by atoms with Crippen molar-refractivity contribution in [3.05, 3.63) is 59.7 Å². The number of nitrogens with zero attached hydrogens (tertiary/aromatic N) is 2. The number of carbonyl (C=O) groups is 2. The second-order valence-electron chi connectivity index (χ2n) is 12.4. The molecule has 2 aromatic rings. The Morgan fingerprint density at radius 1 is 1.24 bits per heavy atom. The van der Waals surface area contributed by atoms with Crippen LogP contribution in [0.15, 0.2) is 42.6 Å². The predicted octanol–water partition coefficient (Wildman–Crippen LogP) is 5.02. The standard InChI is InChI=1S/C31H43FN4O5S/c1-6-30(39)19-25(36(20-30)28(38)41-7-2)27(37)34-24-18-22(13-14-23(24)32)31(16-15-21-11-12-21,26-10-8-9-17-33-26)35-42(40)29(3,4)5/h8-10,13-14,17-18,21,25,35,39H,6-7,11-12,15-16,19-20H2,1-5H3,(H,34,37)/t25-,30?,31?,42-/m1/s1. The molecule has 3 N–H and O–H groups in total. The molecule has 4 rings (SSSR count). The third kappa shape index (κ3) is 7.24. The number of amides is 2. The van der Waals surface area contributed by atoms with E-state index < -0.39 is 51.1 Å². The summed E-state index contributed by atoms with van der Waals surface area (Å²) in [6.45, 7) is 9.13. The SMILES string of the molecule is CCOC(=O)N1CC(O)(CC)C[C@@H]1C(=O)Nc1cc(C(CCC2CC2)(N[S@+]([O-])C(C)(C)C)c2ccccn2)ccc1F. The third-order valence-electron chi connectivity index (χ3n) is 8.14. The van der Waals surface area contributed by atoms with Crippen LogP contribution in [0, 0.1) is 11.7 Å². The first-order valence-electron chi connectivity index (χ1n) is 14.7. The van der Waals surface area contributed by atoms with Gasteiger partial charge < -0.3 is 19.7 Å². The number of β-amino-alcohol motifs (C(OH)–C–C–N with tert-alkyl or cyclic N) is 1. The van der Waals surface area contributed by atoms with Crippen molar-refractivity contribution in [3.8, 4) is 0 Å². The Morgan fingerprint density at radius 3 is 2.57 bits per heavy atom. The number of benzene rings is 1. The molecule has 0 bridgehead atoms. The maximum absolute atomic E-state index is 15.3. The summed E-state index contributed by atoms with van der Waals surface area (Å²) in [7, 11) is 0. The van der Waals surface area contributed by atoms with Gasteiger partial charge in [-0.2, -0.15) is 0 Å². The predicted molar refractivity (Wildman–Crippen MR) is 160 cm³/mol. The van der Waals surface area contributed by atoms with Crippen molar-refractivity contribution in [3.63, 3.8) is 0 Å². The average molecular weight is 603 g/mol. The van der Waals surface area contributed by atoms with E-state index in [-0.39, 0.29) is 25.3 Å². The summed E-state index contributed by atoms with van der Waals surface area (Å²) < 4.78 is 36.8. The fourth-order valence-corrected chi connectivity index (χ4v) is 6.24. The van der Waals surface area contributed by atoms with Gasteiger partial charge in [-0.25, -0.2) is 9.18 Å². The van der Waals surface area contributed by atoms with Crippen LogP contribution in [-0.4, -0.2) is 61.1 Å². The largest absolute Gasteiger partial charge is 0.598 e. The van der Waals surface area contributed by atoms with Gasteiger partial charge >= 0.3 is 6.09 Å². The number of anilines is 1. The summed E-state index contributed by atoms with van der Waals surface area (Å²) in [5, 5.41) is 13.6. The molecule has 11 heteroatoms. The van der Waals surface area contributed by atoms with E-state index in [4.69, 9.17) is 4.74 Å². The number of hydrogen-bond donors (Lipinski definition) is 3. The van der Waals surface area contributed by atoms with Crippen molar-refractivity contribution in [2.45, 2.75) is 95.1 Å². The van der Waals surface area contributed by atoms with E-state index in [1.807, 2.05) is 32.9 Å². The summed E-state index contributed by atoms with van der Waals surface area (Å²) in [6, 6.07) is 8.96.